The number of aliphatic carboxylic acids is 1. The molecular formula is C61H94N14O18. The molecule has 2 aromatic rings. The fraction of sp³-hybridized carbons (Fsp3) is 0.623. The molecule has 516 valence electrons. The molecule has 3 fully saturated rings. The quantitative estimate of drug-likeness (QED) is 0.0283. The van der Waals surface area contributed by atoms with Gasteiger partial charge < -0.3 is 111 Å². The second-order valence-corrected chi connectivity index (χ2v) is 24.0. The molecule has 22 N–H and O–H groups in total. The van der Waals surface area contributed by atoms with Gasteiger partial charge in [0.15, 0.2) is 0 Å². The molecule has 14 atom stereocenters. The number of unbranched alkanes of at least 4 members (excludes halogenated alkanes) is 3. The number of aromatic hydroxyl groups is 2. The molecule has 93 heavy (non-hydrogen) atoms. The van der Waals surface area contributed by atoms with Crippen molar-refractivity contribution in [1.29, 1.82) is 0 Å². The van der Waals surface area contributed by atoms with E-state index in [1.807, 2.05) is 0 Å². The van der Waals surface area contributed by atoms with Crippen LogP contribution in [0.4, 0.5) is 0 Å². The number of rotatable bonds is 36. The van der Waals surface area contributed by atoms with E-state index in [9.17, 15) is 88.5 Å². The maximum absolute atomic E-state index is 14.9. The molecule has 0 unspecified atom stereocenters. The molecule has 2 aromatic carbocycles. The second-order valence-electron chi connectivity index (χ2n) is 24.0. The van der Waals surface area contributed by atoms with Crippen molar-refractivity contribution in [2.24, 2.45) is 22.9 Å². The van der Waals surface area contributed by atoms with Gasteiger partial charge in [-0.25, -0.2) is 4.79 Å². The van der Waals surface area contributed by atoms with Crippen LogP contribution in [-0.2, 0) is 65.6 Å². The number of likely N-dealkylation sites (tertiary alicyclic amines) is 3. The first kappa shape index (κ1) is 75.6. The molecule has 3 heterocycles. The van der Waals surface area contributed by atoms with Crippen molar-refractivity contribution in [2.45, 2.75) is 195 Å². The lowest BCUT2D eigenvalue weighted by Gasteiger charge is -2.33. The molecule has 32 heteroatoms. The van der Waals surface area contributed by atoms with Gasteiger partial charge in [-0.3, -0.25) is 47.9 Å². The number of β-amino-alcohol motifs (C(OH)–C–C–N with tert-alkyl or cyclic N) is 2. The normalized spacial score (nSPS) is 20.8. The van der Waals surface area contributed by atoms with E-state index in [2.05, 4.69) is 37.2 Å². The first-order chi connectivity index (χ1) is 44.2. The van der Waals surface area contributed by atoms with Crippen LogP contribution in [0, 0.1) is 0 Å². The third kappa shape index (κ3) is 22.3. The molecule has 0 radical (unpaired) electrons. The molecule has 0 aromatic heterocycles. The van der Waals surface area contributed by atoms with Gasteiger partial charge in [0.1, 0.15) is 71.9 Å². The minimum Gasteiger partial charge on any atom is -0.508 e. The van der Waals surface area contributed by atoms with Crippen LogP contribution in [0.2, 0.25) is 0 Å². The highest BCUT2D eigenvalue weighted by Gasteiger charge is 2.49. The number of phenolic OH excluding ortho intramolecular Hbond substituents is 2. The number of carbonyl (C=O) groups is 11. The zero-order chi connectivity index (χ0) is 68.6. The minimum absolute atomic E-state index is 0.00105. The smallest absolute Gasteiger partial charge is 0.326 e. The van der Waals surface area contributed by atoms with E-state index in [-0.39, 0.29) is 63.2 Å². The Kier molecular flexibility index (Phi) is 30.0. The van der Waals surface area contributed by atoms with Crippen molar-refractivity contribution < 1.29 is 88.5 Å². The van der Waals surface area contributed by atoms with E-state index in [0.717, 1.165) is 16.7 Å². The highest BCUT2D eigenvalue weighted by Crippen LogP contribution is 2.28. The number of amides is 10. The van der Waals surface area contributed by atoms with E-state index in [4.69, 9.17) is 22.9 Å². The van der Waals surface area contributed by atoms with Gasteiger partial charge in [0.05, 0.1) is 31.0 Å². The van der Waals surface area contributed by atoms with Crippen LogP contribution in [0.5, 0.6) is 11.5 Å². The average molecular weight is 1310 g/mol. The van der Waals surface area contributed by atoms with Gasteiger partial charge in [0.25, 0.3) is 0 Å². The fourth-order valence-electron chi connectivity index (χ4n) is 11.4. The standard InChI is InChI=1S/C61H94N14O18/c1-33(66-52(83)41(65)10-3-6-22-62)51(82)67-42(11-4-7-23-63)58(89)73-25-9-13-47(73)55(86)71-46(32-76)54(85)70-45(27-36-16-20-38(79)21-17-36)59(90)75-31-40(81)29-49(75)60(91)74-30-39(80)28-48(74)56(87)72-50(34(2)77)57(88)69-44(26-35-14-18-37(78)19-15-35)53(84)68-43(61(92)93)12-5-8-24-64/h14-21,33-34,39-50,76-81H,3-13,22-32,62-65H2,1-2H3,(H,66,83)(H,67,82)(H,68,84)(H,69,88)(H,70,85)(H,71,86)(H,72,87)(H,92,93)/t33-,34+,39+,40+,41-,42-,43-,44-,45-,46-,47-,48-,49-,50-/m0/s1. The molecule has 3 aliphatic rings. The van der Waals surface area contributed by atoms with Crippen molar-refractivity contribution in [1.82, 2.24) is 51.9 Å². The molecule has 10 amide bonds. The van der Waals surface area contributed by atoms with E-state index in [0.29, 0.717) is 69.0 Å². The Morgan fingerprint density at radius 2 is 1.00 bits per heavy atom. The van der Waals surface area contributed by atoms with Crippen LogP contribution in [0.1, 0.15) is 108 Å². The van der Waals surface area contributed by atoms with Crippen molar-refractivity contribution >= 4 is 65.0 Å². The largest absolute Gasteiger partial charge is 0.508 e. The fourth-order valence-corrected chi connectivity index (χ4v) is 11.4. The number of carboxylic acids is 1. The van der Waals surface area contributed by atoms with E-state index >= 15 is 0 Å². The molecule has 32 nitrogen and oxygen atoms in total. The Morgan fingerprint density at radius 3 is 1.55 bits per heavy atom. The monoisotopic (exact) mass is 1310 g/mol. The third-order valence-electron chi connectivity index (χ3n) is 16.6. The van der Waals surface area contributed by atoms with Gasteiger partial charge in [0, 0.05) is 45.3 Å². The summed E-state index contributed by atoms with van der Waals surface area (Å²) >= 11 is 0. The van der Waals surface area contributed by atoms with Crippen molar-refractivity contribution in [3.63, 3.8) is 0 Å². The van der Waals surface area contributed by atoms with E-state index < -0.39 is 182 Å². The van der Waals surface area contributed by atoms with Gasteiger partial charge in [-0.05, 0) is 133 Å². The molecule has 3 aliphatic heterocycles. The Morgan fingerprint density at radius 1 is 0.527 bits per heavy atom. The Labute approximate surface area is 538 Å². The number of hydrogen-bond donors (Lipinski definition) is 18. The number of hydrogen-bond acceptors (Lipinski definition) is 21. The number of aliphatic hydroxyl groups excluding tert-OH is 4. The molecular weight excluding hydrogens is 1220 g/mol. The molecule has 0 aliphatic carbocycles. The van der Waals surface area contributed by atoms with Crippen molar-refractivity contribution in [3.8, 4) is 11.5 Å². The highest BCUT2D eigenvalue weighted by molar-refractivity contribution is 5.99. The lowest BCUT2D eigenvalue weighted by molar-refractivity contribution is -0.148. The maximum atomic E-state index is 14.9. The molecule has 3 saturated heterocycles. The number of phenols is 2. The van der Waals surface area contributed by atoms with Crippen LogP contribution in [0.3, 0.4) is 0 Å². The number of benzene rings is 2. The predicted molar refractivity (Wildman–Crippen MR) is 333 cm³/mol. The zero-order valence-electron chi connectivity index (χ0n) is 52.5. The van der Waals surface area contributed by atoms with Gasteiger partial charge in [-0.15, -0.1) is 0 Å². The zero-order valence-corrected chi connectivity index (χ0v) is 52.5. The summed E-state index contributed by atoms with van der Waals surface area (Å²) in [6.07, 6.45) is -2.01. The summed E-state index contributed by atoms with van der Waals surface area (Å²) in [6.45, 7) is 1.58. The van der Waals surface area contributed by atoms with Gasteiger partial charge in [-0.2, -0.15) is 0 Å². The number of nitrogens with two attached hydrogens (primary N) is 4. The Hall–Kier alpha value is -8.11. The van der Waals surface area contributed by atoms with Crippen molar-refractivity contribution in [3.05, 3.63) is 59.7 Å². The summed E-state index contributed by atoms with van der Waals surface area (Å²) in [6, 6.07) is -4.66. The summed E-state index contributed by atoms with van der Waals surface area (Å²) in [5.74, 6) is -10.6. The number of carboxylic acid groups (broad SMARTS) is 1. The maximum Gasteiger partial charge on any atom is 0.326 e. The number of nitrogens with zero attached hydrogens (tertiary/aromatic N) is 3. The molecule has 0 spiro atoms. The third-order valence-corrected chi connectivity index (χ3v) is 16.6. The SMILES string of the molecule is C[C@H](NC(=O)[C@@H](N)CCCCN)C(=O)N[C@@H](CCCCN)C(=O)N1CCC[C@H]1C(=O)N[C@@H](CO)C(=O)N[C@@H](Cc1ccc(O)cc1)C(=O)N1C[C@H](O)C[C@H]1C(=O)N1C[C@H](O)C[C@H]1C(=O)N[C@H](C(=O)N[C@@H](Cc1ccc(O)cc1)C(=O)N[C@@H](CCCCN)C(=O)O)[C@@H](C)O. The Balaban J connectivity index is 1.32. The summed E-state index contributed by atoms with van der Waals surface area (Å²) in [4.78, 5) is 156. The second kappa shape index (κ2) is 37.0. The Bertz CT molecular complexity index is 2870. The summed E-state index contributed by atoms with van der Waals surface area (Å²) in [5.41, 5.74) is 23.6. The van der Waals surface area contributed by atoms with Crippen LogP contribution in [0.15, 0.2) is 48.5 Å². The topological polar surface area (TPSA) is 527 Å². The lowest BCUT2D eigenvalue weighted by Crippen LogP contribution is -2.61. The average Bonchev–Trinajstić information content (AvgIpc) is 1.67. The molecule has 5 rings (SSSR count). The first-order valence-corrected chi connectivity index (χ1v) is 31.6. The number of nitrogens with one attached hydrogen (secondary N) is 7. The van der Waals surface area contributed by atoms with Crippen LogP contribution in [-0.4, -0.2) is 246 Å². The first-order valence-electron chi connectivity index (χ1n) is 31.6. The van der Waals surface area contributed by atoms with Gasteiger partial charge in [-0.1, -0.05) is 30.7 Å². The summed E-state index contributed by atoms with van der Waals surface area (Å²) in [7, 11) is 0. The van der Waals surface area contributed by atoms with Crippen LogP contribution >= 0.6 is 0 Å². The predicted octanol–water partition coefficient (Wildman–Crippen LogP) is -5.62. The van der Waals surface area contributed by atoms with E-state index in [1.165, 1.54) is 60.4 Å². The summed E-state index contributed by atoms with van der Waals surface area (Å²) < 4.78 is 0. The number of carbonyl (C=O) groups excluding carboxylic acids is 10. The van der Waals surface area contributed by atoms with Crippen molar-refractivity contribution in [2.75, 3.05) is 45.9 Å². The van der Waals surface area contributed by atoms with E-state index in [1.54, 1.807) is 0 Å². The van der Waals surface area contributed by atoms with Gasteiger partial charge in [0.2, 0.25) is 59.1 Å². The molecule has 0 bridgehead atoms. The minimum atomic E-state index is -1.84. The molecule has 0 saturated carbocycles. The lowest BCUT2D eigenvalue weighted by atomic mass is 10.0. The highest BCUT2D eigenvalue weighted by atomic mass is 16.4. The number of aliphatic hydroxyl groups is 4. The van der Waals surface area contributed by atoms with Crippen LogP contribution in [0.25, 0.3) is 0 Å². The summed E-state index contributed by atoms with van der Waals surface area (Å²) in [5, 5.41) is 91.1. The van der Waals surface area contributed by atoms with Crippen LogP contribution < -0.4 is 60.2 Å². The van der Waals surface area contributed by atoms with Gasteiger partial charge >= 0.3 is 5.97 Å².